The Morgan fingerprint density at radius 3 is 2.73 bits per heavy atom. The van der Waals surface area contributed by atoms with Gasteiger partial charge in [-0.05, 0) is 64.7 Å². The summed E-state index contributed by atoms with van der Waals surface area (Å²) in [5.74, 6) is -0.523. The minimum Gasteiger partial charge on any atom is -0.481 e. The lowest BCUT2D eigenvalue weighted by Gasteiger charge is -2.18. The second-order valence-corrected chi connectivity index (χ2v) is 7.32. The lowest BCUT2D eigenvalue weighted by Crippen LogP contribution is -2.32. The summed E-state index contributed by atoms with van der Waals surface area (Å²) in [5, 5.41) is 22.8. The van der Waals surface area contributed by atoms with Crippen molar-refractivity contribution in [3.8, 4) is 5.75 Å². The summed E-state index contributed by atoms with van der Waals surface area (Å²) in [5.41, 5.74) is 1.84. The van der Waals surface area contributed by atoms with E-state index in [-0.39, 0.29) is 12.6 Å². The van der Waals surface area contributed by atoms with Gasteiger partial charge in [0.25, 0.3) is 0 Å². The molecule has 5 nitrogen and oxygen atoms in total. The molecule has 0 radical (unpaired) electrons. The molecule has 2 aromatic carbocycles. The summed E-state index contributed by atoms with van der Waals surface area (Å²) < 4.78 is 5.90. The van der Waals surface area contributed by atoms with Crippen molar-refractivity contribution < 1.29 is 19.7 Å². The Morgan fingerprint density at radius 2 is 2.08 bits per heavy atom. The zero-order valence-electron chi connectivity index (χ0n) is 14.3. The molecule has 0 amide bonds. The maximum Gasteiger partial charge on any atom is 0.341 e. The largest absolute Gasteiger partial charge is 0.481 e. The molecule has 2 rings (SSSR count). The van der Waals surface area contributed by atoms with Gasteiger partial charge in [-0.1, -0.05) is 29.8 Å². The summed E-state index contributed by atoms with van der Waals surface area (Å²) in [7, 11) is 0. The molecule has 0 aliphatic heterocycles. The average molecular weight is 443 g/mol. The van der Waals surface area contributed by atoms with E-state index in [2.05, 4.69) is 21.2 Å². The van der Waals surface area contributed by atoms with Gasteiger partial charge in [-0.3, -0.25) is 0 Å². The number of ether oxygens (including phenoxy) is 1. The molecule has 2 unspecified atom stereocenters. The quantitative estimate of drug-likeness (QED) is 0.550. The predicted molar refractivity (Wildman–Crippen MR) is 105 cm³/mol. The van der Waals surface area contributed by atoms with E-state index in [0.29, 0.717) is 21.8 Å². The third-order valence-electron chi connectivity index (χ3n) is 3.78. The van der Waals surface area contributed by atoms with E-state index in [1.54, 1.807) is 18.2 Å². The van der Waals surface area contributed by atoms with Gasteiger partial charge in [0.2, 0.25) is 0 Å². The van der Waals surface area contributed by atoms with Crippen LogP contribution in [0.3, 0.4) is 0 Å². The Balaban J connectivity index is 1.86. The second kappa shape index (κ2) is 9.92. The fraction of sp³-hybridized carbons (Fsp3) is 0.316. The first-order chi connectivity index (χ1) is 12.3. The topological polar surface area (TPSA) is 78.8 Å². The summed E-state index contributed by atoms with van der Waals surface area (Å²) in [6.07, 6.45) is 0.120. The van der Waals surface area contributed by atoms with Crippen LogP contribution in [0.2, 0.25) is 5.02 Å². The van der Waals surface area contributed by atoms with Crippen LogP contribution in [-0.4, -0.2) is 35.4 Å². The van der Waals surface area contributed by atoms with Crippen LogP contribution < -0.4 is 10.1 Å². The highest BCUT2D eigenvalue weighted by atomic mass is 79.9. The first-order valence-electron chi connectivity index (χ1n) is 8.15. The number of benzene rings is 2. The molecular weight excluding hydrogens is 422 g/mol. The van der Waals surface area contributed by atoms with E-state index in [0.717, 1.165) is 17.5 Å². The third-order valence-corrected chi connectivity index (χ3v) is 4.64. The van der Waals surface area contributed by atoms with Crippen LogP contribution in [-0.2, 0) is 11.2 Å². The molecule has 0 aromatic heterocycles. The maximum absolute atomic E-state index is 10.6. The molecule has 2 aromatic rings. The van der Waals surface area contributed by atoms with Crippen LogP contribution in [0.15, 0.2) is 46.9 Å². The van der Waals surface area contributed by atoms with Crippen molar-refractivity contribution in [3.63, 3.8) is 0 Å². The van der Waals surface area contributed by atoms with Crippen molar-refractivity contribution in [1.82, 2.24) is 5.32 Å². The number of hydrogen-bond acceptors (Lipinski definition) is 4. The van der Waals surface area contributed by atoms with Crippen LogP contribution in [0.4, 0.5) is 0 Å². The van der Waals surface area contributed by atoms with Gasteiger partial charge >= 0.3 is 5.97 Å². The third kappa shape index (κ3) is 6.61. The van der Waals surface area contributed by atoms with E-state index < -0.39 is 12.1 Å². The highest BCUT2D eigenvalue weighted by molar-refractivity contribution is 9.10. The number of aliphatic hydroxyl groups is 1. The van der Waals surface area contributed by atoms with E-state index in [1.165, 1.54) is 0 Å². The molecule has 0 aliphatic carbocycles. The number of halogens is 2. The smallest absolute Gasteiger partial charge is 0.341 e. The van der Waals surface area contributed by atoms with Crippen LogP contribution >= 0.6 is 27.5 Å². The monoisotopic (exact) mass is 441 g/mol. The van der Waals surface area contributed by atoms with Crippen LogP contribution in [0, 0.1) is 0 Å². The molecule has 0 heterocycles. The Hall–Kier alpha value is -1.60. The SMILES string of the molecule is CC(Cc1ccc(OCC(=O)O)c(Br)c1)NCC(O)c1cccc(Cl)c1. The van der Waals surface area contributed by atoms with Crippen molar-refractivity contribution >= 4 is 33.5 Å². The lowest BCUT2D eigenvalue weighted by molar-refractivity contribution is -0.139. The highest BCUT2D eigenvalue weighted by Gasteiger charge is 2.11. The molecular formula is C19H21BrClNO4. The summed E-state index contributed by atoms with van der Waals surface area (Å²) in [6.45, 7) is 2.08. The van der Waals surface area contributed by atoms with Crippen LogP contribution in [0.1, 0.15) is 24.2 Å². The molecule has 2 atom stereocenters. The minimum atomic E-state index is -1.02. The normalized spacial score (nSPS) is 13.2. The van der Waals surface area contributed by atoms with Gasteiger partial charge in [-0.15, -0.1) is 0 Å². The standard InChI is InChI=1S/C19H21BrClNO4/c1-12(22-10-17(23)14-3-2-4-15(21)9-14)7-13-5-6-18(16(20)8-13)26-11-19(24)25/h2-6,8-9,12,17,22-23H,7,10-11H2,1H3,(H,24,25). The lowest BCUT2D eigenvalue weighted by atomic mass is 10.1. The molecule has 0 saturated heterocycles. The Labute approximate surface area is 166 Å². The van der Waals surface area contributed by atoms with Crippen molar-refractivity contribution in [3.05, 3.63) is 63.1 Å². The van der Waals surface area contributed by atoms with Crippen molar-refractivity contribution in [2.24, 2.45) is 0 Å². The number of carboxylic acid groups (broad SMARTS) is 1. The fourth-order valence-corrected chi connectivity index (χ4v) is 3.24. The zero-order valence-corrected chi connectivity index (χ0v) is 16.6. The second-order valence-electron chi connectivity index (χ2n) is 6.03. The number of rotatable bonds is 9. The molecule has 0 saturated carbocycles. The zero-order chi connectivity index (χ0) is 19.1. The van der Waals surface area contributed by atoms with Crippen molar-refractivity contribution in [2.45, 2.75) is 25.5 Å². The van der Waals surface area contributed by atoms with Gasteiger partial charge in [0.15, 0.2) is 6.61 Å². The minimum absolute atomic E-state index is 0.140. The highest BCUT2D eigenvalue weighted by Crippen LogP contribution is 2.26. The molecule has 0 spiro atoms. The van der Waals surface area contributed by atoms with Crippen LogP contribution in [0.25, 0.3) is 0 Å². The van der Waals surface area contributed by atoms with Gasteiger partial charge < -0.3 is 20.3 Å². The van der Waals surface area contributed by atoms with Gasteiger partial charge in [0.05, 0.1) is 10.6 Å². The number of aliphatic hydroxyl groups excluding tert-OH is 1. The Bertz CT molecular complexity index is 756. The number of aliphatic carboxylic acids is 1. The summed E-state index contributed by atoms with van der Waals surface area (Å²) in [4.78, 5) is 10.6. The molecule has 26 heavy (non-hydrogen) atoms. The van der Waals surface area contributed by atoms with Crippen molar-refractivity contribution in [2.75, 3.05) is 13.2 Å². The molecule has 0 aliphatic rings. The molecule has 7 heteroatoms. The first-order valence-corrected chi connectivity index (χ1v) is 9.32. The molecule has 0 fully saturated rings. The van der Waals surface area contributed by atoms with E-state index >= 15 is 0 Å². The number of hydrogen-bond donors (Lipinski definition) is 3. The Kier molecular flexibility index (Phi) is 7.90. The van der Waals surface area contributed by atoms with Gasteiger partial charge in [-0.25, -0.2) is 4.79 Å². The molecule has 3 N–H and O–H groups in total. The summed E-state index contributed by atoms with van der Waals surface area (Å²) in [6, 6.07) is 12.9. The first kappa shape index (κ1) is 20.7. The van der Waals surface area contributed by atoms with Gasteiger partial charge in [0.1, 0.15) is 5.75 Å². The number of nitrogens with one attached hydrogen (secondary N) is 1. The molecule has 0 bridgehead atoms. The van der Waals surface area contributed by atoms with Crippen LogP contribution in [0.5, 0.6) is 5.75 Å². The van der Waals surface area contributed by atoms with E-state index in [9.17, 15) is 9.90 Å². The Morgan fingerprint density at radius 1 is 1.31 bits per heavy atom. The van der Waals surface area contributed by atoms with Gasteiger partial charge in [0, 0.05) is 17.6 Å². The van der Waals surface area contributed by atoms with Crippen molar-refractivity contribution in [1.29, 1.82) is 0 Å². The van der Waals surface area contributed by atoms with Gasteiger partial charge in [-0.2, -0.15) is 0 Å². The number of carbonyl (C=O) groups is 1. The average Bonchev–Trinajstić information content (AvgIpc) is 2.58. The molecule has 140 valence electrons. The predicted octanol–water partition coefficient (Wildman–Crippen LogP) is 3.82. The van der Waals surface area contributed by atoms with E-state index in [4.69, 9.17) is 21.4 Å². The summed E-state index contributed by atoms with van der Waals surface area (Å²) >= 11 is 9.34. The maximum atomic E-state index is 10.6. The van der Waals surface area contributed by atoms with E-state index in [1.807, 2.05) is 31.2 Å². The fourth-order valence-electron chi connectivity index (χ4n) is 2.50. The number of carboxylic acids is 1.